The minimum atomic E-state index is -1.78. The Hall–Kier alpha value is -1.66. The van der Waals surface area contributed by atoms with Crippen molar-refractivity contribution in [2.24, 2.45) is 39.4 Å². The first kappa shape index (κ1) is 42.5. The summed E-state index contributed by atoms with van der Waals surface area (Å²) in [5, 5.41) is 75.9. The molecule has 3 saturated carbocycles. The Kier molecular flexibility index (Phi) is 10.8. The molecule has 0 amide bonds. The molecule has 7 aliphatic rings. The van der Waals surface area contributed by atoms with Crippen LogP contribution in [0.15, 0.2) is 23.3 Å². The Bertz CT molecular complexity index is 1620. The third-order valence-corrected chi connectivity index (χ3v) is 15.7. The summed E-state index contributed by atoms with van der Waals surface area (Å²) in [5.41, 5.74) is -1.97. The van der Waals surface area contributed by atoms with Gasteiger partial charge in [-0.2, -0.15) is 0 Å². The number of hydrogen-bond acceptors (Lipinski definition) is 14. The lowest BCUT2D eigenvalue weighted by Crippen LogP contribution is -2.66. The number of Topliss-reactive ketones (excluding diaryl/α,β-unsaturated/α-hetero) is 2. The van der Waals surface area contributed by atoms with E-state index in [1.807, 2.05) is 41.5 Å². The maximum Gasteiger partial charge on any atom is 0.187 e. The summed E-state index contributed by atoms with van der Waals surface area (Å²) < 4.78 is 30.2. The fraction of sp³-hybridized carbons (Fsp3) is 0.857. The van der Waals surface area contributed by atoms with E-state index in [1.54, 1.807) is 0 Å². The Morgan fingerprint density at radius 3 is 2.14 bits per heavy atom. The van der Waals surface area contributed by atoms with E-state index in [0.717, 1.165) is 11.1 Å². The lowest BCUT2D eigenvalue weighted by Gasteiger charge is -2.65. The summed E-state index contributed by atoms with van der Waals surface area (Å²) in [4.78, 5) is 29.3. The highest BCUT2D eigenvalue weighted by molar-refractivity contribution is 5.95. The van der Waals surface area contributed by atoms with Crippen molar-refractivity contribution in [3.05, 3.63) is 23.3 Å². The molecule has 14 heteroatoms. The third kappa shape index (κ3) is 6.19. The second kappa shape index (κ2) is 14.2. The van der Waals surface area contributed by atoms with Gasteiger partial charge in [-0.15, -0.1) is 0 Å². The molecule has 56 heavy (non-hydrogen) atoms. The molecule has 14 nitrogen and oxygen atoms in total. The molecular formula is C42H64O14. The number of carbonyl (C=O) groups excluding carboxylic acids is 2. The molecule has 0 bridgehead atoms. The van der Waals surface area contributed by atoms with Gasteiger partial charge in [0.15, 0.2) is 18.4 Å². The van der Waals surface area contributed by atoms with Crippen molar-refractivity contribution in [2.45, 2.75) is 180 Å². The van der Waals surface area contributed by atoms with Crippen molar-refractivity contribution in [1.29, 1.82) is 0 Å². The van der Waals surface area contributed by atoms with Crippen LogP contribution in [0.4, 0.5) is 0 Å². The first-order valence-corrected chi connectivity index (χ1v) is 20.4. The average Bonchev–Trinajstić information content (AvgIpc) is 3.34. The number of allylic oxidation sites excluding steroid dienone is 3. The second-order valence-corrected chi connectivity index (χ2v) is 19.8. The van der Waals surface area contributed by atoms with Gasteiger partial charge in [0.1, 0.15) is 54.6 Å². The lowest BCUT2D eigenvalue weighted by atomic mass is 9.38. The Balaban J connectivity index is 1.14. The predicted octanol–water partition coefficient (Wildman–Crippen LogP) is 1.47. The van der Waals surface area contributed by atoms with Crippen molar-refractivity contribution in [3.63, 3.8) is 0 Å². The zero-order valence-electron chi connectivity index (χ0n) is 34.1. The van der Waals surface area contributed by atoms with E-state index in [1.165, 1.54) is 6.92 Å². The van der Waals surface area contributed by atoms with Crippen molar-refractivity contribution < 1.29 is 69.0 Å². The maximum absolute atomic E-state index is 15.0. The zero-order chi connectivity index (χ0) is 41.2. The molecule has 316 valence electrons. The molecule has 3 heterocycles. The Morgan fingerprint density at radius 1 is 0.857 bits per heavy atom. The van der Waals surface area contributed by atoms with Crippen LogP contribution in [-0.4, -0.2) is 139 Å². The summed E-state index contributed by atoms with van der Waals surface area (Å²) in [6.45, 7) is 16.8. The zero-order valence-corrected chi connectivity index (χ0v) is 34.1. The van der Waals surface area contributed by atoms with Gasteiger partial charge < -0.3 is 59.4 Å². The quantitative estimate of drug-likeness (QED) is 0.190. The summed E-state index contributed by atoms with van der Waals surface area (Å²) in [5.74, 6) is -0.987. The van der Waals surface area contributed by atoms with Gasteiger partial charge in [0.25, 0.3) is 0 Å². The highest BCUT2D eigenvalue weighted by Gasteiger charge is 2.75. The normalized spacial score (nSPS) is 54.0. The summed E-state index contributed by atoms with van der Waals surface area (Å²) in [7, 11) is 0. The Labute approximate surface area is 329 Å². The van der Waals surface area contributed by atoms with Crippen LogP contribution in [0.25, 0.3) is 0 Å². The molecule has 0 aromatic carbocycles. The van der Waals surface area contributed by atoms with Crippen LogP contribution in [0.5, 0.6) is 0 Å². The number of hydrogen-bond donors (Lipinski definition) is 7. The van der Waals surface area contributed by atoms with Gasteiger partial charge in [0.2, 0.25) is 0 Å². The van der Waals surface area contributed by atoms with Gasteiger partial charge in [-0.3, -0.25) is 9.59 Å². The van der Waals surface area contributed by atoms with E-state index < -0.39 is 107 Å². The average molecular weight is 793 g/mol. The number of aliphatic hydroxyl groups excluding tert-OH is 6. The first-order valence-electron chi connectivity index (χ1n) is 20.4. The first-order chi connectivity index (χ1) is 25.9. The fourth-order valence-corrected chi connectivity index (χ4v) is 12.7. The minimum Gasteiger partial charge on any atom is -0.394 e. The third-order valence-electron chi connectivity index (χ3n) is 15.7. The molecule has 0 aromatic rings. The largest absolute Gasteiger partial charge is 0.394 e. The molecule has 20 atom stereocenters. The van der Waals surface area contributed by atoms with Crippen molar-refractivity contribution in [3.8, 4) is 0 Å². The smallest absolute Gasteiger partial charge is 0.187 e. The molecule has 0 spiro atoms. The second-order valence-electron chi connectivity index (χ2n) is 19.8. The molecular weight excluding hydrogens is 728 g/mol. The van der Waals surface area contributed by atoms with Crippen LogP contribution in [0.2, 0.25) is 0 Å². The van der Waals surface area contributed by atoms with Gasteiger partial charge in [-0.1, -0.05) is 44.1 Å². The van der Waals surface area contributed by atoms with Crippen molar-refractivity contribution in [1.82, 2.24) is 0 Å². The monoisotopic (exact) mass is 792 g/mol. The summed E-state index contributed by atoms with van der Waals surface area (Å²) in [6.07, 6.45) is -10.4. The standard InChI is InChI=1S/C42H64O14/c1-18(2)12-20-14-41(8,51)34-24(53-20)15-39(6)26-11-10-21-22(42(26,9)27(44)16-40(34,39)7)13-23(35(50)38(21,4)5)54-37-32(49)30(47)33(25(17-43)55-37)56-36-31(48)29(46)28(45)19(3)52-36/h10,12,19-20,22-26,28-34,36-37,43,45-49,51H,11,13-17H2,1-9H3/t19-,20-,22+,23-,24+,25+,26-,28-,29+,30+,31+,32+,33+,34-,36-,37-,39-,40+,41-,42-/m0/s1. The van der Waals surface area contributed by atoms with Gasteiger partial charge >= 0.3 is 0 Å². The number of rotatable bonds is 6. The minimum absolute atomic E-state index is 0.0774. The van der Waals surface area contributed by atoms with Gasteiger partial charge in [-0.05, 0) is 83.5 Å². The van der Waals surface area contributed by atoms with Crippen LogP contribution in [0.3, 0.4) is 0 Å². The van der Waals surface area contributed by atoms with E-state index in [-0.39, 0.29) is 48.5 Å². The molecule has 4 aliphatic carbocycles. The highest BCUT2D eigenvalue weighted by atomic mass is 16.7. The van der Waals surface area contributed by atoms with E-state index in [2.05, 4.69) is 26.0 Å². The Morgan fingerprint density at radius 2 is 1.50 bits per heavy atom. The molecule has 0 unspecified atom stereocenters. The molecule has 3 aliphatic heterocycles. The van der Waals surface area contributed by atoms with Crippen molar-refractivity contribution >= 4 is 11.6 Å². The van der Waals surface area contributed by atoms with Gasteiger partial charge in [-0.25, -0.2) is 0 Å². The summed E-state index contributed by atoms with van der Waals surface area (Å²) in [6, 6.07) is 0. The highest BCUT2D eigenvalue weighted by Crippen LogP contribution is 2.75. The number of fused-ring (bicyclic) bond motifs is 7. The molecule has 0 radical (unpaired) electrons. The van der Waals surface area contributed by atoms with Crippen LogP contribution >= 0.6 is 0 Å². The van der Waals surface area contributed by atoms with Crippen LogP contribution in [0, 0.1) is 39.4 Å². The number of carbonyl (C=O) groups is 2. The maximum atomic E-state index is 15.0. The number of ketones is 2. The molecule has 6 fully saturated rings. The van der Waals surface area contributed by atoms with Gasteiger partial charge in [0, 0.05) is 29.6 Å². The van der Waals surface area contributed by atoms with Gasteiger partial charge in [0.05, 0.1) is 30.5 Å². The van der Waals surface area contributed by atoms with E-state index >= 15 is 0 Å². The van der Waals surface area contributed by atoms with E-state index in [9.17, 15) is 45.3 Å². The van der Waals surface area contributed by atoms with Crippen molar-refractivity contribution in [2.75, 3.05) is 6.61 Å². The molecule has 3 saturated heterocycles. The fourth-order valence-electron chi connectivity index (χ4n) is 12.7. The lowest BCUT2D eigenvalue weighted by molar-refractivity contribution is -0.359. The number of ether oxygens (including phenoxy) is 5. The van der Waals surface area contributed by atoms with Crippen LogP contribution in [0.1, 0.15) is 94.4 Å². The topological polar surface area (TPSA) is 222 Å². The molecule has 0 aromatic heterocycles. The van der Waals surface area contributed by atoms with E-state index in [0.29, 0.717) is 19.3 Å². The number of aliphatic hydroxyl groups is 7. The summed E-state index contributed by atoms with van der Waals surface area (Å²) >= 11 is 0. The van der Waals surface area contributed by atoms with E-state index in [4.69, 9.17) is 23.7 Å². The van der Waals surface area contributed by atoms with Crippen LogP contribution < -0.4 is 0 Å². The predicted molar refractivity (Wildman–Crippen MR) is 198 cm³/mol. The SMILES string of the molecule is CC(C)=C[C@H]1C[C@](C)(O)[C@H]2[C@@H](C[C@@]3(C)[C@@H]4CC=C5[C@@H](C[C@H](O[C@H]6O[C@H](CO)[C@@H](O[C@@H]7O[C@@H](C)[C@H](O)[C@@H](O)[C@H]7O)[C@H](O)[C@H]6O)C(=O)C5(C)C)[C@]4(C)C(=O)C[C@]23C)O1. The molecule has 7 N–H and O–H groups in total. The molecule has 7 rings (SSSR count). The van der Waals surface area contributed by atoms with Crippen LogP contribution in [-0.2, 0) is 33.3 Å².